The lowest BCUT2D eigenvalue weighted by Gasteiger charge is -2.19. The molecule has 0 saturated heterocycles. The minimum absolute atomic E-state index is 0.272. The van der Waals surface area contributed by atoms with Crippen LogP contribution in [0, 0.1) is 0 Å². The summed E-state index contributed by atoms with van der Waals surface area (Å²) < 4.78 is 10.5. The molecule has 2 aromatic rings. The molecule has 0 bridgehead atoms. The van der Waals surface area contributed by atoms with Gasteiger partial charge in [0, 0.05) is 12.7 Å². The van der Waals surface area contributed by atoms with Crippen molar-refractivity contribution in [3.63, 3.8) is 0 Å². The quantitative estimate of drug-likeness (QED) is 0.583. The average Bonchev–Trinajstić information content (AvgIpc) is 2.56. The smallest absolute Gasteiger partial charge is 0.432 e. The Hall–Kier alpha value is -2.49. The number of rotatable bonds is 6. The number of hydrogen-bond donors (Lipinski definition) is 0. The first-order valence-corrected chi connectivity index (χ1v) is 7.77. The third kappa shape index (κ3) is 5.02. The molecule has 2 aromatic carbocycles. The third-order valence-electron chi connectivity index (χ3n) is 3.58. The first kappa shape index (κ1) is 16.9. The maximum Gasteiger partial charge on any atom is 0.513 e. The van der Waals surface area contributed by atoms with E-state index in [2.05, 4.69) is 13.8 Å². The second-order valence-electron chi connectivity index (χ2n) is 5.65. The minimum atomic E-state index is -0.667. The number of carbonyl (C=O) groups excluding carboxylic acids is 1. The van der Waals surface area contributed by atoms with Crippen molar-refractivity contribution in [2.75, 3.05) is 25.1 Å². The fourth-order valence-electron chi connectivity index (χ4n) is 2.25. The highest BCUT2D eigenvalue weighted by atomic mass is 16.7. The lowest BCUT2D eigenvalue weighted by Crippen LogP contribution is -2.24. The van der Waals surface area contributed by atoms with Gasteiger partial charge in [0.15, 0.2) is 0 Å². The molecule has 0 aliphatic carbocycles. The van der Waals surface area contributed by atoms with E-state index in [1.165, 1.54) is 0 Å². The molecule has 2 rings (SSSR count). The number of carbonyl (C=O) groups is 1. The third-order valence-corrected chi connectivity index (χ3v) is 3.58. The molecule has 0 saturated carbocycles. The minimum Gasteiger partial charge on any atom is -0.432 e. The van der Waals surface area contributed by atoms with Crippen LogP contribution in [0.15, 0.2) is 54.6 Å². The molecule has 0 N–H and O–H groups in total. The number of benzene rings is 2. The zero-order chi connectivity index (χ0) is 16.7. The van der Waals surface area contributed by atoms with E-state index in [1.807, 2.05) is 60.5 Å². The SMILES string of the molecule is CC(C)c1ccccc1OC(=O)OCCN(C)c1ccccc1. The summed E-state index contributed by atoms with van der Waals surface area (Å²) in [5, 5.41) is 0. The van der Waals surface area contributed by atoms with E-state index in [-0.39, 0.29) is 12.5 Å². The number of nitrogens with zero attached hydrogens (tertiary/aromatic N) is 1. The van der Waals surface area contributed by atoms with Crippen LogP contribution < -0.4 is 9.64 Å². The van der Waals surface area contributed by atoms with Crippen LogP contribution in [0.1, 0.15) is 25.3 Å². The van der Waals surface area contributed by atoms with E-state index >= 15 is 0 Å². The Balaban J connectivity index is 1.82. The molecule has 122 valence electrons. The molecule has 0 aliphatic heterocycles. The van der Waals surface area contributed by atoms with Gasteiger partial charge < -0.3 is 14.4 Å². The summed E-state index contributed by atoms with van der Waals surface area (Å²) in [5.74, 6) is 0.840. The zero-order valence-electron chi connectivity index (χ0n) is 13.9. The van der Waals surface area contributed by atoms with Gasteiger partial charge in [-0.15, -0.1) is 0 Å². The van der Waals surface area contributed by atoms with Gasteiger partial charge >= 0.3 is 6.16 Å². The highest BCUT2D eigenvalue weighted by Gasteiger charge is 2.12. The number of hydrogen-bond acceptors (Lipinski definition) is 4. The largest absolute Gasteiger partial charge is 0.513 e. The van der Waals surface area contributed by atoms with Crippen LogP contribution in [0.2, 0.25) is 0 Å². The molecule has 4 nitrogen and oxygen atoms in total. The van der Waals surface area contributed by atoms with Crippen molar-refractivity contribution in [3.8, 4) is 5.75 Å². The molecule has 0 aliphatic rings. The second kappa shape index (κ2) is 8.22. The summed E-state index contributed by atoms with van der Waals surface area (Å²) in [6.45, 7) is 4.99. The lowest BCUT2D eigenvalue weighted by atomic mass is 10.0. The van der Waals surface area contributed by atoms with Gasteiger partial charge in [-0.2, -0.15) is 0 Å². The van der Waals surface area contributed by atoms with Crippen LogP contribution in [0.4, 0.5) is 10.5 Å². The van der Waals surface area contributed by atoms with Crippen molar-refractivity contribution < 1.29 is 14.3 Å². The van der Waals surface area contributed by atoms with Crippen molar-refractivity contribution in [3.05, 3.63) is 60.2 Å². The van der Waals surface area contributed by atoms with Gasteiger partial charge in [-0.1, -0.05) is 50.2 Å². The molecule has 0 amide bonds. The summed E-state index contributed by atoms with van der Waals surface area (Å²) in [5.41, 5.74) is 2.07. The highest BCUT2D eigenvalue weighted by Crippen LogP contribution is 2.26. The zero-order valence-corrected chi connectivity index (χ0v) is 13.9. The summed E-state index contributed by atoms with van der Waals surface area (Å²) in [6, 6.07) is 17.5. The van der Waals surface area contributed by atoms with Crippen LogP contribution in [0.25, 0.3) is 0 Å². The Labute approximate surface area is 137 Å². The van der Waals surface area contributed by atoms with Gasteiger partial charge in [-0.05, 0) is 29.7 Å². The van der Waals surface area contributed by atoms with Crippen LogP contribution in [0.3, 0.4) is 0 Å². The Morgan fingerprint density at radius 3 is 2.39 bits per heavy atom. The molecule has 0 radical (unpaired) electrons. The summed E-state index contributed by atoms with van der Waals surface area (Å²) in [6.07, 6.45) is -0.667. The van der Waals surface area contributed by atoms with Crippen LogP contribution >= 0.6 is 0 Å². The Morgan fingerprint density at radius 1 is 1.04 bits per heavy atom. The van der Waals surface area contributed by atoms with Gasteiger partial charge in [0.25, 0.3) is 0 Å². The fraction of sp³-hybridized carbons (Fsp3) is 0.316. The summed E-state index contributed by atoms with van der Waals surface area (Å²) in [7, 11) is 1.96. The van der Waals surface area contributed by atoms with Crippen molar-refractivity contribution in [1.29, 1.82) is 0 Å². The molecule has 0 spiro atoms. The Bertz CT molecular complexity index is 626. The molecule has 0 atom stereocenters. The summed E-state index contributed by atoms with van der Waals surface area (Å²) in [4.78, 5) is 13.9. The van der Waals surface area contributed by atoms with Crippen molar-refractivity contribution in [1.82, 2.24) is 0 Å². The van der Waals surface area contributed by atoms with E-state index in [0.29, 0.717) is 12.3 Å². The van der Waals surface area contributed by atoms with Crippen LogP contribution in [-0.4, -0.2) is 26.4 Å². The van der Waals surface area contributed by atoms with Gasteiger partial charge in [-0.25, -0.2) is 4.79 Å². The predicted molar refractivity (Wildman–Crippen MR) is 92.2 cm³/mol. The first-order chi connectivity index (χ1) is 11.1. The van der Waals surface area contributed by atoms with Crippen molar-refractivity contribution >= 4 is 11.8 Å². The molecule has 0 heterocycles. The average molecular weight is 313 g/mol. The Kier molecular flexibility index (Phi) is 6.03. The molecule has 23 heavy (non-hydrogen) atoms. The molecule has 0 unspecified atom stereocenters. The summed E-state index contributed by atoms with van der Waals surface area (Å²) >= 11 is 0. The lowest BCUT2D eigenvalue weighted by molar-refractivity contribution is 0.101. The van der Waals surface area contributed by atoms with Gasteiger partial charge in [0.2, 0.25) is 0 Å². The number of anilines is 1. The van der Waals surface area contributed by atoms with E-state index in [4.69, 9.17) is 9.47 Å². The fourth-order valence-corrected chi connectivity index (χ4v) is 2.25. The monoisotopic (exact) mass is 313 g/mol. The second-order valence-corrected chi connectivity index (χ2v) is 5.65. The predicted octanol–water partition coefficient (Wildman–Crippen LogP) is 4.46. The molecule has 0 aromatic heterocycles. The topological polar surface area (TPSA) is 38.8 Å². The molecule has 0 fully saturated rings. The number of ether oxygens (including phenoxy) is 2. The van der Waals surface area contributed by atoms with E-state index in [1.54, 1.807) is 6.07 Å². The highest BCUT2D eigenvalue weighted by molar-refractivity contribution is 5.64. The standard InChI is InChI=1S/C19H23NO3/c1-15(2)17-11-7-8-12-18(17)23-19(21)22-14-13-20(3)16-9-5-4-6-10-16/h4-12,15H,13-14H2,1-3H3. The van der Waals surface area contributed by atoms with E-state index in [9.17, 15) is 4.79 Å². The maximum atomic E-state index is 11.8. The molecule has 4 heteroatoms. The van der Waals surface area contributed by atoms with Gasteiger partial charge in [-0.3, -0.25) is 0 Å². The molecular weight excluding hydrogens is 290 g/mol. The number of para-hydroxylation sites is 2. The first-order valence-electron chi connectivity index (χ1n) is 7.77. The van der Waals surface area contributed by atoms with Crippen molar-refractivity contribution in [2.45, 2.75) is 19.8 Å². The normalized spacial score (nSPS) is 10.4. The van der Waals surface area contributed by atoms with E-state index < -0.39 is 6.16 Å². The van der Waals surface area contributed by atoms with Gasteiger partial charge in [0.1, 0.15) is 12.4 Å². The number of likely N-dealkylation sites (N-methyl/N-ethyl adjacent to an activating group) is 1. The van der Waals surface area contributed by atoms with Crippen LogP contribution in [0.5, 0.6) is 5.75 Å². The van der Waals surface area contributed by atoms with Crippen LogP contribution in [-0.2, 0) is 4.74 Å². The van der Waals surface area contributed by atoms with Crippen molar-refractivity contribution in [2.24, 2.45) is 0 Å². The van der Waals surface area contributed by atoms with Gasteiger partial charge in [0.05, 0.1) is 6.54 Å². The maximum absolute atomic E-state index is 11.8. The Morgan fingerprint density at radius 2 is 1.70 bits per heavy atom. The molecular formula is C19H23NO3. The van der Waals surface area contributed by atoms with E-state index in [0.717, 1.165) is 11.3 Å².